The van der Waals surface area contributed by atoms with Crippen LogP contribution < -0.4 is 4.74 Å². The molecule has 1 aromatic rings. The Morgan fingerprint density at radius 1 is 1.00 bits per heavy atom. The summed E-state index contributed by atoms with van der Waals surface area (Å²) >= 11 is 18.8. The first-order valence-corrected chi connectivity index (χ1v) is 8.46. The van der Waals surface area contributed by atoms with Gasteiger partial charge in [-0.3, -0.25) is 0 Å². The molecule has 0 radical (unpaired) electrons. The summed E-state index contributed by atoms with van der Waals surface area (Å²) in [5.74, 6) is 0.587. The Kier molecular flexibility index (Phi) is 8.75. The van der Waals surface area contributed by atoms with E-state index in [1.54, 1.807) is 13.2 Å². The lowest BCUT2D eigenvalue weighted by Crippen LogP contribution is -1.94. The maximum Gasteiger partial charge on any atom is 0.138 e. The molecule has 0 spiro atoms. The van der Waals surface area contributed by atoms with Crippen LogP contribution in [0.3, 0.4) is 0 Å². The van der Waals surface area contributed by atoms with Gasteiger partial charge in [-0.25, -0.2) is 0 Å². The minimum absolute atomic E-state index is 0.0860. The van der Waals surface area contributed by atoms with E-state index in [9.17, 15) is 0 Å². The van der Waals surface area contributed by atoms with Crippen molar-refractivity contribution in [1.29, 1.82) is 0 Å². The van der Waals surface area contributed by atoms with Gasteiger partial charge in [0.15, 0.2) is 0 Å². The fourth-order valence-electron chi connectivity index (χ4n) is 2.20. The molecule has 1 nitrogen and oxygen atoms in total. The molecule has 0 saturated carbocycles. The Hall–Kier alpha value is -0.110. The number of ether oxygens (including phenoxy) is 1. The Morgan fingerprint density at radius 3 is 2.30 bits per heavy atom. The van der Waals surface area contributed by atoms with Crippen molar-refractivity contribution in [2.75, 3.05) is 7.11 Å². The number of unbranched alkanes of at least 4 members (excludes halogenated alkanes) is 5. The minimum Gasteiger partial charge on any atom is -0.495 e. The van der Waals surface area contributed by atoms with Crippen molar-refractivity contribution in [2.24, 2.45) is 0 Å². The van der Waals surface area contributed by atoms with Gasteiger partial charge in [-0.2, -0.15) is 0 Å². The first-order chi connectivity index (χ1) is 9.60. The molecule has 4 heteroatoms. The van der Waals surface area contributed by atoms with Gasteiger partial charge in [0.1, 0.15) is 5.75 Å². The van der Waals surface area contributed by atoms with Gasteiger partial charge in [-0.05, 0) is 18.1 Å². The lowest BCUT2D eigenvalue weighted by molar-refractivity contribution is 0.415. The van der Waals surface area contributed by atoms with Gasteiger partial charge in [0.2, 0.25) is 0 Å². The average molecular weight is 338 g/mol. The highest BCUT2D eigenvalue weighted by atomic mass is 35.5. The Bertz CT molecular complexity index is 407. The third kappa shape index (κ3) is 5.71. The molecule has 0 aromatic heterocycles. The minimum atomic E-state index is -0.0860. The molecule has 20 heavy (non-hydrogen) atoms. The molecule has 0 aliphatic carbocycles. The summed E-state index contributed by atoms with van der Waals surface area (Å²) in [5, 5.41) is 1.09. The number of hydrogen-bond donors (Lipinski definition) is 0. The molecular formula is C16H23Cl3O. The molecule has 0 bridgehead atoms. The van der Waals surface area contributed by atoms with E-state index in [1.165, 1.54) is 32.1 Å². The number of halogens is 3. The normalized spacial score (nSPS) is 12.4. The topological polar surface area (TPSA) is 9.23 Å². The zero-order chi connectivity index (χ0) is 15.0. The Labute approximate surface area is 137 Å². The van der Waals surface area contributed by atoms with Gasteiger partial charge < -0.3 is 4.74 Å². The second-order valence-electron chi connectivity index (χ2n) is 5.03. The molecule has 114 valence electrons. The summed E-state index contributed by atoms with van der Waals surface area (Å²) in [5.41, 5.74) is 0.896. The molecule has 0 saturated heterocycles. The second-order valence-corrected chi connectivity index (χ2v) is 6.37. The van der Waals surface area contributed by atoms with Crippen molar-refractivity contribution in [3.8, 4) is 5.75 Å². The van der Waals surface area contributed by atoms with Crippen molar-refractivity contribution in [2.45, 2.75) is 57.2 Å². The van der Waals surface area contributed by atoms with Crippen LogP contribution in [0.2, 0.25) is 10.0 Å². The first-order valence-electron chi connectivity index (χ1n) is 7.27. The first kappa shape index (κ1) is 17.9. The third-order valence-corrected chi connectivity index (χ3v) is 4.50. The maximum atomic E-state index is 6.44. The standard InChI is InChI=1S/C16H23Cl3O/c1-3-4-5-6-7-8-9-13(17)12-10-15(19)16(20-2)11-14(12)18/h10-11,13H,3-9H2,1-2H3. The van der Waals surface area contributed by atoms with Crippen LogP contribution in [0.25, 0.3) is 0 Å². The number of methoxy groups -OCH3 is 1. The van der Waals surface area contributed by atoms with Gasteiger partial charge >= 0.3 is 0 Å². The summed E-state index contributed by atoms with van der Waals surface area (Å²) < 4.78 is 5.14. The van der Waals surface area contributed by atoms with E-state index in [4.69, 9.17) is 39.5 Å². The summed E-state index contributed by atoms with van der Waals surface area (Å²) in [7, 11) is 1.58. The number of rotatable bonds is 9. The van der Waals surface area contributed by atoms with Gasteiger partial charge in [-0.15, -0.1) is 11.6 Å². The van der Waals surface area contributed by atoms with Crippen molar-refractivity contribution < 1.29 is 4.74 Å². The smallest absolute Gasteiger partial charge is 0.138 e. The van der Waals surface area contributed by atoms with E-state index in [0.717, 1.165) is 18.4 Å². The van der Waals surface area contributed by atoms with Crippen LogP contribution in [0, 0.1) is 0 Å². The predicted octanol–water partition coefficient (Wildman–Crippen LogP) is 7.03. The molecule has 0 heterocycles. The van der Waals surface area contributed by atoms with Gasteiger partial charge in [0.05, 0.1) is 17.5 Å². The molecular weight excluding hydrogens is 315 g/mol. The molecule has 0 N–H and O–H groups in total. The Balaban J connectivity index is 2.47. The average Bonchev–Trinajstić information content (AvgIpc) is 2.44. The zero-order valence-electron chi connectivity index (χ0n) is 12.2. The molecule has 0 aliphatic rings. The van der Waals surface area contributed by atoms with E-state index in [-0.39, 0.29) is 5.38 Å². The Morgan fingerprint density at radius 2 is 1.65 bits per heavy atom. The summed E-state index contributed by atoms with van der Waals surface area (Å²) in [6.45, 7) is 2.23. The molecule has 0 amide bonds. The molecule has 1 atom stereocenters. The van der Waals surface area contributed by atoms with Crippen LogP contribution in [-0.4, -0.2) is 7.11 Å². The predicted molar refractivity (Wildman–Crippen MR) is 89.6 cm³/mol. The lowest BCUT2D eigenvalue weighted by Gasteiger charge is -2.14. The quantitative estimate of drug-likeness (QED) is 0.347. The van der Waals surface area contributed by atoms with E-state index in [0.29, 0.717) is 15.8 Å². The SMILES string of the molecule is CCCCCCCCC(Cl)c1cc(Cl)c(OC)cc1Cl. The number of benzene rings is 1. The monoisotopic (exact) mass is 336 g/mol. The summed E-state index contributed by atoms with van der Waals surface area (Å²) in [4.78, 5) is 0. The van der Waals surface area contributed by atoms with E-state index >= 15 is 0 Å². The molecule has 1 unspecified atom stereocenters. The van der Waals surface area contributed by atoms with Crippen molar-refractivity contribution in [3.63, 3.8) is 0 Å². The molecule has 0 fully saturated rings. The third-order valence-electron chi connectivity index (χ3n) is 3.42. The van der Waals surface area contributed by atoms with Crippen LogP contribution in [0.15, 0.2) is 12.1 Å². The summed E-state index contributed by atoms with van der Waals surface area (Å²) in [6, 6.07) is 3.55. The largest absolute Gasteiger partial charge is 0.495 e. The highest BCUT2D eigenvalue weighted by Gasteiger charge is 2.15. The lowest BCUT2D eigenvalue weighted by atomic mass is 10.0. The highest BCUT2D eigenvalue weighted by Crippen LogP contribution is 2.38. The fraction of sp³-hybridized carbons (Fsp3) is 0.625. The van der Waals surface area contributed by atoms with Crippen LogP contribution in [0.1, 0.15) is 62.8 Å². The number of alkyl halides is 1. The second kappa shape index (κ2) is 9.76. The van der Waals surface area contributed by atoms with E-state index in [2.05, 4.69) is 6.92 Å². The van der Waals surface area contributed by atoms with E-state index < -0.39 is 0 Å². The van der Waals surface area contributed by atoms with Crippen molar-refractivity contribution >= 4 is 34.8 Å². The van der Waals surface area contributed by atoms with Crippen LogP contribution >= 0.6 is 34.8 Å². The fourth-order valence-corrected chi connectivity index (χ4v) is 3.13. The zero-order valence-corrected chi connectivity index (χ0v) is 14.5. The van der Waals surface area contributed by atoms with E-state index in [1.807, 2.05) is 6.07 Å². The van der Waals surface area contributed by atoms with Gasteiger partial charge in [0.25, 0.3) is 0 Å². The maximum absolute atomic E-state index is 6.44. The van der Waals surface area contributed by atoms with Crippen LogP contribution in [0.5, 0.6) is 5.75 Å². The van der Waals surface area contributed by atoms with Crippen LogP contribution in [0.4, 0.5) is 0 Å². The molecule has 0 aliphatic heterocycles. The van der Waals surface area contributed by atoms with Crippen LogP contribution in [-0.2, 0) is 0 Å². The number of hydrogen-bond acceptors (Lipinski definition) is 1. The highest BCUT2D eigenvalue weighted by molar-refractivity contribution is 6.35. The van der Waals surface area contributed by atoms with Gasteiger partial charge in [-0.1, -0.05) is 68.7 Å². The van der Waals surface area contributed by atoms with Gasteiger partial charge in [0, 0.05) is 11.1 Å². The van der Waals surface area contributed by atoms with Crippen molar-refractivity contribution in [1.82, 2.24) is 0 Å². The summed E-state index contributed by atoms with van der Waals surface area (Å²) in [6.07, 6.45) is 8.48. The molecule has 1 rings (SSSR count). The van der Waals surface area contributed by atoms with Crippen molar-refractivity contribution in [3.05, 3.63) is 27.7 Å². The molecule has 1 aromatic carbocycles.